The van der Waals surface area contributed by atoms with E-state index < -0.39 is 13.3 Å². The Balaban J connectivity index is 0.000000198. The first-order valence-electron chi connectivity index (χ1n) is 17.2. The van der Waals surface area contributed by atoms with Gasteiger partial charge in [0.2, 0.25) is 0 Å². The van der Waals surface area contributed by atoms with E-state index in [0.717, 1.165) is 56.8 Å². The minimum Gasteiger partial charge on any atom is -0.501 e. The summed E-state index contributed by atoms with van der Waals surface area (Å²) in [6, 6.07) is 42.2. The number of hydrogen-bond acceptors (Lipinski definition) is 3. The van der Waals surface area contributed by atoms with Crippen molar-refractivity contribution in [3.63, 3.8) is 0 Å². The van der Waals surface area contributed by atoms with Gasteiger partial charge in [-0.3, -0.25) is 0 Å². The normalized spacial score (nSPS) is 13.2. The van der Waals surface area contributed by atoms with Crippen molar-refractivity contribution in [1.29, 1.82) is 0 Å². The van der Waals surface area contributed by atoms with Crippen molar-refractivity contribution in [3.8, 4) is 33.6 Å². The van der Waals surface area contributed by atoms with Gasteiger partial charge in [-0.05, 0) is 47.4 Å². The zero-order valence-corrected chi connectivity index (χ0v) is 33.2. The van der Waals surface area contributed by atoms with Gasteiger partial charge in [-0.1, -0.05) is 84.7 Å². The minimum atomic E-state index is -1.77. The summed E-state index contributed by atoms with van der Waals surface area (Å²) in [5.41, 5.74) is 10.9. The molecule has 1 aliphatic rings. The average molecular weight is 880 g/mol. The molecule has 0 saturated heterocycles. The Morgan fingerprint density at radius 3 is 2.29 bits per heavy atom. The smallest absolute Gasteiger partial charge is 0.120 e. The van der Waals surface area contributed by atoms with Crippen molar-refractivity contribution < 1.29 is 24.5 Å². The van der Waals surface area contributed by atoms with E-state index in [-0.39, 0.29) is 20.1 Å². The molecule has 0 unspecified atom stereocenters. The fraction of sp³-hybridized carbons (Fsp3) is 0.227. The topological polar surface area (TPSA) is 38.9 Å². The van der Waals surface area contributed by atoms with E-state index in [0.29, 0.717) is 0 Å². The number of aryl methyl sites for hydroxylation is 1. The molecule has 8 rings (SSSR count). The SMILES string of the molecule is Cc1cc(-c2[c-]cccc2)nc[c]1[Ge]([CH3])([CH3])[CH3].[Ir].[c-]1ccc2c(oc3ccc(-c4ccccc4)cc32)c1-c1cc(CC2CCCC2)ccn1. The van der Waals surface area contributed by atoms with E-state index in [4.69, 9.17) is 4.42 Å². The van der Waals surface area contributed by atoms with E-state index in [1.807, 2.05) is 36.5 Å². The number of aromatic nitrogens is 2. The molecule has 0 amide bonds. The molecule has 0 aliphatic heterocycles. The zero-order valence-electron chi connectivity index (χ0n) is 28.7. The van der Waals surface area contributed by atoms with Crippen LogP contribution in [0.15, 0.2) is 120 Å². The number of pyridine rings is 2. The monoisotopic (exact) mass is 881 g/mol. The molecule has 5 heteroatoms. The van der Waals surface area contributed by atoms with E-state index in [2.05, 4.69) is 125 Å². The predicted molar refractivity (Wildman–Crippen MR) is 203 cm³/mol. The molecule has 1 saturated carbocycles. The van der Waals surface area contributed by atoms with Crippen LogP contribution in [0.5, 0.6) is 0 Å². The first-order valence-corrected chi connectivity index (χ1v) is 24.5. The van der Waals surface area contributed by atoms with Crippen LogP contribution in [0.2, 0.25) is 17.3 Å². The Morgan fingerprint density at radius 2 is 1.55 bits per heavy atom. The summed E-state index contributed by atoms with van der Waals surface area (Å²) in [7, 11) is 0. The standard InChI is InChI=1S/C29H24NO.C15H18GeN.Ir/c1-2-9-22(10-3-1)23-13-14-28-26(19-23)24-11-6-12-25(29(24)31-28)27-18-21(15-16-30-27)17-20-7-4-5-8-20;1-12-10-15(13-8-6-5-7-9-13)17-11-14(12)16(2,3)4;/h1-3,6,9-11,13-16,18-20H,4-5,7-8,17H2;5-8,10-11H,1-4H3;/q2*-1;. The summed E-state index contributed by atoms with van der Waals surface area (Å²) < 4.78 is 7.82. The van der Waals surface area contributed by atoms with Gasteiger partial charge in [0.25, 0.3) is 0 Å². The van der Waals surface area contributed by atoms with Crippen molar-refractivity contribution in [2.75, 3.05) is 0 Å². The third kappa shape index (κ3) is 7.99. The Kier molecular flexibility index (Phi) is 11.0. The summed E-state index contributed by atoms with van der Waals surface area (Å²) >= 11 is -1.77. The van der Waals surface area contributed by atoms with Crippen molar-refractivity contribution in [2.45, 2.75) is 56.3 Å². The molecule has 1 fully saturated rings. The van der Waals surface area contributed by atoms with Crippen molar-refractivity contribution >= 4 is 39.6 Å². The zero-order chi connectivity index (χ0) is 33.1. The Bertz CT molecular complexity index is 2160. The number of rotatable bonds is 6. The van der Waals surface area contributed by atoms with Crippen molar-refractivity contribution in [3.05, 3.63) is 139 Å². The maximum Gasteiger partial charge on any atom is 0.120 e. The van der Waals surface area contributed by atoms with E-state index in [9.17, 15) is 0 Å². The Labute approximate surface area is 306 Å². The quantitative estimate of drug-likeness (QED) is 0.123. The van der Waals surface area contributed by atoms with Crippen LogP contribution in [0.25, 0.3) is 55.6 Å². The molecule has 4 aromatic carbocycles. The van der Waals surface area contributed by atoms with Crippen molar-refractivity contribution in [2.24, 2.45) is 5.92 Å². The fourth-order valence-electron chi connectivity index (χ4n) is 7.07. The van der Waals surface area contributed by atoms with Gasteiger partial charge >= 0.3 is 106 Å². The van der Waals surface area contributed by atoms with Crippen LogP contribution < -0.4 is 4.40 Å². The van der Waals surface area contributed by atoms with E-state index >= 15 is 0 Å². The summed E-state index contributed by atoms with van der Waals surface area (Å²) in [6.45, 7) is 2.19. The van der Waals surface area contributed by atoms with Crippen LogP contribution in [0.1, 0.15) is 36.8 Å². The van der Waals surface area contributed by atoms with Gasteiger partial charge in [0.05, 0.1) is 5.58 Å². The van der Waals surface area contributed by atoms with Gasteiger partial charge < -0.3 is 9.40 Å². The van der Waals surface area contributed by atoms with Crippen molar-refractivity contribution in [1.82, 2.24) is 9.97 Å². The first kappa shape index (κ1) is 35.0. The summed E-state index contributed by atoms with van der Waals surface area (Å²) in [5, 5.41) is 2.25. The average Bonchev–Trinajstić information content (AvgIpc) is 3.76. The molecule has 49 heavy (non-hydrogen) atoms. The molecule has 0 spiro atoms. The van der Waals surface area contributed by atoms with Crippen LogP contribution in [0.3, 0.4) is 0 Å². The van der Waals surface area contributed by atoms with Crippen LogP contribution in [0.4, 0.5) is 0 Å². The largest absolute Gasteiger partial charge is 0.501 e. The van der Waals surface area contributed by atoms with Gasteiger partial charge in [-0.15, -0.1) is 18.2 Å². The van der Waals surface area contributed by atoms with Crippen LogP contribution in [0, 0.1) is 25.0 Å². The molecule has 1 radical (unpaired) electrons. The maximum atomic E-state index is 6.33. The molecule has 1 aliphatic carbocycles. The van der Waals surface area contributed by atoms with Crippen LogP contribution >= 0.6 is 0 Å². The van der Waals surface area contributed by atoms with Gasteiger partial charge in [0.1, 0.15) is 5.58 Å². The first-order chi connectivity index (χ1) is 23.3. The third-order valence-corrected chi connectivity index (χ3v) is 14.0. The number of benzene rings is 4. The van der Waals surface area contributed by atoms with Crippen LogP contribution in [-0.4, -0.2) is 23.2 Å². The molecule has 3 heterocycles. The van der Waals surface area contributed by atoms with E-state index in [1.165, 1.54) is 52.3 Å². The third-order valence-electron chi connectivity index (χ3n) is 9.52. The molecular formula is C44H42GeIrN2O-2. The van der Waals surface area contributed by atoms with Gasteiger partial charge in [-0.25, -0.2) is 0 Å². The fourth-order valence-corrected chi connectivity index (χ4v) is 10.7. The van der Waals surface area contributed by atoms with E-state index in [1.54, 1.807) is 0 Å². The number of fused-ring (bicyclic) bond motifs is 3. The second kappa shape index (κ2) is 15.4. The Morgan fingerprint density at radius 1 is 0.755 bits per heavy atom. The number of nitrogens with zero attached hydrogens (tertiary/aromatic N) is 2. The van der Waals surface area contributed by atoms with Gasteiger partial charge in [-0.2, -0.15) is 0 Å². The number of hydrogen-bond donors (Lipinski definition) is 0. The number of furan rings is 1. The molecule has 0 atom stereocenters. The second-order valence-corrected chi connectivity index (χ2v) is 24.7. The summed E-state index contributed by atoms with van der Waals surface area (Å²) in [6.07, 6.45) is 10.6. The molecule has 249 valence electrons. The minimum absolute atomic E-state index is 0. The molecule has 0 bridgehead atoms. The van der Waals surface area contributed by atoms with Gasteiger partial charge in [0.15, 0.2) is 0 Å². The molecule has 3 aromatic heterocycles. The predicted octanol–water partition coefficient (Wildman–Crippen LogP) is 11.2. The maximum absolute atomic E-state index is 6.33. The molecule has 3 nitrogen and oxygen atoms in total. The summed E-state index contributed by atoms with van der Waals surface area (Å²) in [4.78, 5) is 9.27. The van der Waals surface area contributed by atoms with Crippen LogP contribution in [-0.2, 0) is 26.5 Å². The second-order valence-electron chi connectivity index (χ2n) is 14.1. The molecule has 0 N–H and O–H groups in total. The molecular weight excluding hydrogens is 837 g/mol. The Hall–Kier alpha value is -3.83. The summed E-state index contributed by atoms with van der Waals surface area (Å²) in [5.74, 6) is 8.02. The van der Waals surface area contributed by atoms with Gasteiger partial charge in [0, 0.05) is 31.7 Å². The molecule has 7 aromatic rings.